The first kappa shape index (κ1) is 22.4. The maximum atomic E-state index is 12.5. The van der Waals surface area contributed by atoms with E-state index in [1.54, 1.807) is 0 Å². The Morgan fingerprint density at radius 2 is 1.82 bits per heavy atom. The number of piperazine rings is 1. The maximum Gasteiger partial charge on any atom is 0.225 e. The predicted molar refractivity (Wildman–Crippen MR) is 116 cm³/mol. The first-order chi connectivity index (χ1) is 12.8. The third kappa shape index (κ3) is 5.34. The molecular formula is C20H27Cl2N5O. The summed E-state index contributed by atoms with van der Waals surface area (Å²) in [5.41, 5.74) is 2.03. The summed E-state index contributed by atoms with van der Waals surface area (Å²) in [6, 6.07) is 12.1. The maximum absolute atomic E-state index is 12.5. The molecule has 0 bridgehead atoms. The summed E-state index contributed by atoms with van der Waals surface area (Å²) in [6.45, 7) is 5.09. The quantitative estimate of drug-likeness (QED) is 0.818. The van der Waals surface area contributed by atoms with Gasteiger partial charge in [0.2, 0.25) is 11.9 Å². The third-order valence-corrected chi connectivity index (χ3v) is 5.25. The van der Waals surface area contributed by atoms with Crippen molar-refractivity contribution in [3.05, 3.63) is 42.6 Å². The molecule has 4 rings (SSSR count). The van der Waals surface area contributed by atoms with Crippen molar-refractivity contribution >= 4 is 36.7 Å². The molecule has 8 heteroatoms. The Bertz CT molecular complexity index is 747. The number of hydrogen-bond acceptors (Lipinski definition) is 5. The molecule has 2 aliphatic heterocycles. The lowest BCUT2D eigenvalue weighted by Crippen LogP contribution is -2.49. The Labute approximate surface area is 178 Å². The standard InChI is InChI=1S/C20H25N5O.2ClH/c26-19(14-16-6-8-21-15-16)24-10-12-25(13-11-24)20-22-9-7-18(23-20)17-4-2-1-3-5-17;;/h1-5,7,9,16,21H,6,8,10-15H2;2*1H. The van der Waals surface area contributed by atoms with Crippen LogP contribution >= 0.6 is 24.8 Å². The first-order valence-electron chi connectivity index (χ1n) is 9.41. The molecule has 2 aromatic rings. The molecule has 6 nitrogen and oxygen atoms in total. The molecule has 152 valence electrons. The number of aromatic nitrogens is 2. The van der Waals surface area contributed by atoms with E-state index in [4.69, 9.17) is 4.98 Å². The number of rotatable bonds is 4. The summed E-state index contributed by atoms with van der Waals surface area (Å²) in [6.07, 6.45) is 3.61. The van der Waals surface area contributed by atoms with Gasteiger partial charge in [0.25, 0.3) is 0 Å². The summed E-state index contributed by atoms with van der Waals surface area (Å²) < 4.78 is 0. The van der Waals surface area contributed by atoms with Gasteiger partial charge >= 0.3 is 0 Å². The number of halogens is 2. The van der Waals surface area contributed by atoms with Gasteiger partial charge in [-0.1, -0.05) is 30.3 Å². The van der Waals surface area contributed by atoms with Gasteiger partial charge in [0.05, 0.1) is 5.69 Å². The van der Waals surface area contributed by atoms with Crippen molar-refractivity contribution in [2.45, 2.75) is 12.8 Å². The number of carbonyl (C=O) groups is 1. The number of hydrogen-bond donors (Lipinski definition) is 1. The Morgan fingerprint density at radius 3 is 2.50 bits per heavy atom. The molecule has 1 unspecified atom stereocenters. The molecule has 2 aliphatic rings. The van der Waals surface area contributed by atoms with E-state index in [1.165, 1.54) is 0 Å². The van der Waals surface area contributed by atoms with Crippen LogP contribution in [0.3, 0.4) is 0 Å². The molecule has 0 radical (unpaired) electrons. The highest BCUT2D eigenvalue weighted by molar-refractivity contribution is 5.85. The van der Waals surface area contributed by atoms with Gasteiger partial charge in [-0.15, -0.1) is 24.8 Å². The molecule has 1 aromatic heterocycles. The van der Waals surface area contributed by atoms with Crippen molar-refractivity contribution in [2.24, 2.45) is 5.92 Å². The van der Waals surface area contributed by atoms with Crippen LogP contribution in [0.25, 0.3) is 11.3 Å². The van der Waals surface area contributed by atoms with Gasteiger partial charge in [0.15, 0.2) is 0 Å². The lowest BCUT2D eigenvalue weighted by Gasteiger charge is -2.35. The van der Waals surface area contributed by atoms with E-state index < -0.39 is 0 Å². The van der Waals surface area contributed by atoms with E-state index in [1.807, 2.05) is 35.4 Å². The van der Waals surface area contributed by atoms with Crippen LogP contribution < -0.4 is 10.2 Å². The lowest BCUT2D eigenvalue weighted by molar-refractivity contribution is -0.132. The molecule has 0 saturated carbocycles. The summed E-state index contributed by atoms with van der Waals surface area (Å²) >= 11 is 0. The largest absolute Gasteiger partial charge is 0.339 e. The average Bonchev–Trinajstić information content (AvgIpc) is 3.22. The number of carbonyl (C=O) groups excluding carboxylic acids is 1. The Kier molecular flexibility index (Phi) is 8.48. The van der Waals surface area contributed by atoms with Crippen LogP contribution in [0.1, 0.15) is 12.8 Å². The second-order valence-electron chi connectivity index (χ2n) is 7.04. The van der Waals surface area contributed by atoms with Crippen molar-refractivity contribution < 1.29 is 4.79 Å². The molecule has 0 spiro atoms. The zero-order valence-electron chi connectivity index (χ0n) is 15.8. The van der Waals surface area contributed by atoms with Crippen LogP contribution in [-0.2, 0) is 4.79 Å². The number of nitrogens with zero attached hydrogens (tertiary/aromatic N) is 4. The van der Waals surface area contributed by atoms with Crippen LogP contribution in [0.2, 0.25) is 0 Å². The number of nitrogens with one attached hydrogen (secondary N) is 1. The minimum absolute atomic E-state index is 0. The van der Waals surface area contributed by atoms with E-state index in [-0.39, 0.29) is 30.7 Å². The number of anilines is 1. The minimum atomic E-state index is 0. The SMILES string of the molecule is Cl.Cl.O=C(CC1CCNC1)N1CCN(c2nccc(-c3ccccc3)n2)CC1. The molecule has 1 amide bonds. The fourth-order valence-corrected chi connectivity index (χ4v) is 3.69. The monoisotopic (exact) mass is 423 g/mol. The summed E-state index contributed by atoms with van der Waals surface area (Å²) in [4.78, 5) is 25.8. The van der Waals surface area contributed by atoms with Gasteiger partial charge in [-0.25, -0.2) is 9.97 Å². The molecule has 2 fully saturated rings. The zero-order valence-corrected chi connectivity index (χ0v) is 17.4. The summed E-state index contributed by atoms with van der Waals surface area (Å²) in [5.74, 6) is 1.54. The van der Waals surface area contributed by atoms with Crippen molar-refractivity contribution in [2.75, 3.05) is 44.2 Å². The van der Waals surface area contributed by atoms with Crippen LogP contribution in [0, 0.1) is 5.92 Å². The average molecular weight is 424 g/mol. The highest BCUT2D eigenvalue weighted by atomic mass is 35.5. The van der Waals surface area contributed by atoms with E-state index in [0.717, 1.165) is 62.9 Å². The normalized spacial score (nSPS) is 18.9. The smallest absolute Gasteiger partial charge is 0.225 e. The minimum Gasteiger partial charge on any atom is -0.339 e. The predicted octanol–water partition coefficient (Wildman–Crippen LogP) is 2.64. The molecular weight excluding hydrogens is 397 g/mol. The second-order valence-corrected chi connectivity index (χ2v) is 7.04. The van der Waals surface area contributed by atoms with Crippen LogP contribution in [0.15, 0.2) is 42.6 Å². The Balaban J connectivity index is 0.00000140. The number of benzene rings is 1. The van der Waals surface area contributed by atoms with Gasteiger partial charge in [-0.3, -0.25) is 4.79 Å². The Morgan fingerprint density at radius 1 is 1.07 bits per heavy atom. The van der Waals surface area contributed by atoms with Crippen molar-refractivity contribution in [3.63, 3.8) is 0 Å². The highest BCUT2D eigenvalue weighted by Gasteiger charge is 2.25. The van der Waals surface area contributed by atoms with E-state index >= 15 is 0 Å². The fourth-order valence-electron chi connectivity index (χ4n) is 3.69. The molecule has 1 atom stereocenters. The van der Waals surface area contributed by atoms with Crippen LogP contribution in [-0.4, -0.2) is 60.0 Å². The molecule has 0 aliphatic carbocycles. The van der Waals surface area contributed by atoms with E-state index in [0.29, 0.717) is 12.3 Å². The lowest BCUT2D eigenvalue weighted by atomic mass is 10.0. The molecule has 3 heterocycles. The fraction of sp³-hybridized carbons (Fsp3) is 0.450. The van der Waals surface area contributed by atoms with Crippen molar-refractivity contribution in [1.29, 1.82) is 0 Å². The third-order valence-electron chi connectivity index (χ3n) is 5.25. The van der Waals surface area contributed by atoms with Crippen molar-refractivity contribution in [3.8, 4) is 11.3 Å². The van der Waals surface area contributed by atoms with Gasteiger partial charge in [-0.2, -0.15) is 0 Å². The number of amides is 1. The molecule has 28 heavy (non-hydrogen) atoms. The second kappa shape index (κ2) is 10.6. The summed E-state index contributed by atoms with van der Waals surface area (Å²) in [5, 5.41) is 3.33. The van der Waals surface area contributed by atoms with Crippen molar-refractivity contribution in [1.82, 2.24) is 20.2 Å². The molecule has 2 saturated heterocycles. The van der Waals surface area contributed by atoms with E-state index in [2.05, 4.69) is 27.3 Å². The Hall–Kier alpha value is -1.89. The van der Waals surface area contributed by atoms with Gasteiger partial charge in [-0.05, 0) is 31.5 Å². The molecule has 1 N–H and O–H groups in total. The summed E-state index contributed by atoms with van der Waals surface area (Å²) in [7, 11) is 0. The topological polar surface area (TPSA) is 61.4 Å². The highest BCUT2D eigenvalue weighted by Crippen LogP contribution is 2.20. The zero-order chi connectivity index (χ0) is 17.8. The van der Waals surface area contributed by atoms with Gasteiger partial charge in [0, 0.05) is 44.4 Å². The molecule has 1 aromatic carbocycles. The van der Waals surface area contributed by atoms with Crippen LogP contribution in [0.4, 0.5) is 5.95 Å². The first-order valence-corrected chi connectivity index (χ1v) is 9.41. The van der Waals surface area contributed by atoms with Crippen LogP contribution in [0.5, 0.6) is 0 Å². The van der Waals surface area contributed by atoms with E-state index in [9.17, 15) is 4.79 Å². The van der Waals surface area contributed by atoms with Gasteiger partial charge in [0.1, 0.15) is 0 Å². The van der Waals surface area contributed by atoms with Gasteiger partial charge < -0.3 is 15.1 Å².